The number of carbonyl (C=O) groups excluding carboxylic acids is 1. The summed E-state index contributed by atoms with van der Waals surface area (Å²) in [6.07, 6.45) is 0.437. The number of aliphatic carboxylic acids is 1. The van der Waals surface area contributed by atoms with Gasteiger partial charge in [0, 0.05) is 18.7 Å². The number of aryl methyl sites for hydroxylation is 2. The van der Waals surface area contributed by atoms with Crippen LogP contribution in [0.4, 0.5) is 4.79 Å². The molecule has 3 N–H and O–H groups in total. The van der Waals surface area contributed by atoms with Crippen LogP contribution in [0.15, 0.2) is 4.52 Å². The molecule has 0 fully saturated rings. The molecular weight excluding hydrogens is 262 g/mol. The molecule has 1 aromatic heterocycles. The number of hydrogen-bond acceptors (Lipinski definition) is 4. The molecule has 112 valence electrons. The predicted molar refractivity (Wildman–Crippen MR) is 72.2 cm³/mol. The lowest BCUT2D eigenvalue weighted by Gasteiger charge is -2.23. The minimum atomic E-state index is -0.958. The second kappa shape index (κ2) is 6.40. The van der Waals surface area contributed by atoms with Crippen molar-refractivity contribution in [1.29, 1.82) is 0 Å². The molecule has 1 rings (SSSR count). The Bertz CT molecular complexity index is 478. The highest BCUT2D eigenvalue weighted by molar-refractivity contribution is 5.77. The number of carbonyl (C=O) groups is 2. The van der Waals surface area contributed by atoms with Crippen molar-refractivity contribution in [2.24, 2.45) is 5.41 Å². The maximum Gasteiger partial charge on any atom is 0.315 e. The van der Waals surface area contributed by atoms with Gasteiger partial charge in [0.05, 0.1) is 11.1 Å². The van der Waals surface area contributed by atoms with Crippen LogP contribution in [-0.4, -0.2) is 28.8 Å². The van der Waals surface area contributed by atoms with Crippen LogP contribution in [0.5, 0.6) is 0 Å². The van der Waals surface area contributed by atoms with E-state index in [1.165, 1.54) is 0 Å². The van der Waals surface area contributed by atoms with Gasteiger partial charge in [-0.3, -0.25) is 4.79 Å². The number of carboxylic acid groups (broad SMARTS) is 1. The summed E-state index contributed by atoms with van der Waals surface area (Å²) in [5.41, 5.74) is 0.601. The van der Waals surface area contributed by atoms with Gasteiger partial charge < -0.3 is 20.3 Å². The van der Waals surface area contributed by atoms with Crippen LogP contribution >= 0.6 is 0 Å². The molecule has 0 saturated carbocycles. The first-order valence-corrected chi connectivity index (χ1v) is 6.47. The smallest absolute Gasteiger partial charge is 0.315 e. The minimum Gasteiger partial charge on any atom is -0.481 e. The summed E-state index contributed by atoms with van der Waals surface area (Å²) in [6, 6.07) is -0.411. The van der Waals surface area contributed by atoms with Crippen LogP contribution in [-0.2, 0) is 11.3 Å². The molecule has 0 aliphatic rings. The highest BCUT2D eigenvalue weighted by Crippen LogP contribution is 2.19. The zero-order chi connectivity index (χ0) is 15.3. The van der Waals surface area contributed by atoms with Crippen molar-refractivity contribution in [2.45, 2.75) is 40.7 Å². The van der Waals surface area contributed by atoms with Crippen molar-refractivity contribution >= 4 is 12.0 Å². The van der Waals surface area contributed by atoms with Gasteiger partial charge in [-0.1, -0.05) is 12.1 Å². The molecule has 0 aliphatic carbocycles. The van der Waals surface area contributed by atoms with Crippen LogP contribution in [0.3, 0.4) is 0 Å². The lowest BCUT2D eigenvalue weighted by atomic mass is 9.88. The number of nitrogens with one attached hydrogen (secondary N) is 2. The Kier molecular flexibility index (Phi) is 5.12. The monoisotopic (exact) mass is 283 g/mol. The summed E-state index contributed by atoms with van der Waals surface area (Å²) < 4.78 is 4.99. The topological polar surface area (TPSA) is 104 Å². The average Bonchev–Trinajstić information content (AvgIpc) is 2.72. The number of urea groups is 1. The molecule has 7 heteroatoms. The van der Waals surface area contributed by atoms with Crippen LogP contribution in [0.1, 0.15) is 37.3 Å². The van der Waals surface area contributed by atoms with E-state index in [0.29, 0.717) is 18.7 Å². The number of hydrogen-bond donors (Lipinski definition) is 3. The van der Waals surface area contributed by atoms with Gasteiger partial charge in [0.2, 0.25) is 0 Å². The van der Waals surface area contributed by atoms with E-state index in [4.69, 9.17) is 9.63 Å². The van der Waals surface area contributed by atoms with Crippen molar-refractivity contribution in [3.8, 4) is 0 Å². The number of carboxylic acids is 1. The maximum absolute atomic E-state index is 11.7. The number of aromatic nitrogens is 1. The van der Waals surface area contributed by atoms with Gasteiger partial charge in [-0.15, -0.1) is 0 Å². The van der Waals surface area contributed by atoms with E-state index in [9.17, 15) is 9.59 Å². The zero-order valence-electron chi connectivity index (χ0n) is 12.2. The summed E-state index contributed by atoms with van der Waals surface area (Å²) in [5.74, 6) is -0.266. The molecular formula is C13H21N3O4. The van der Waals surface area contributed by atoms with E-state index in [1.54, 1.807) is 27.7 Å². The Labute approximate surface area is 117 Å². The summed E-state index contributed by atoms with van der Waals surface area (Å²) in [7, 11) is 0. The summed E-state index contributed by atoms with van der Waals surface area (Å²) in [5, 5.41) is 18.1. The second-order valence-corrected chi connectivity index (χ2v) is 5.06. The maximum atomic E-state index is 11.7. The van der Waals surface area contributed by atoms with Crippen molar-refractivity contribution < 1.29 is 19.2 Å². The highest BCUT2D eigenvalue weighted by Gasteiger charge is 2.31. The molecule has 0 saturated heterocycles. The molecule has 7 nitrogen and oxygen atoms in total. The first-order valence-electron chi connectivity index (χ1n) is 6.47. The van der Waals surface area contributed by atoms with E-state index in [1.807, 2.05) is 0 Å². The van der Waals surface area contributed by atoms with Gasteiger partial charge in [-0.2, -0.15) is 0 Å². The first kappa shape index (κ1) is 16.0. The third kappa shape index (κ3) is 3.72. The SMILES string of the molecule is CCC(C)(CNC(=O)NCc1c(C)noc1C)C(=O)O. The number of amides is 2. The Morgan fingerprint density at radius 3 is 2.45 bits per heavy atom. The molecule has 0 aliphatic heterocycles. The van der Waals surface area contributed by atoms with Crippen LogP contribution < -0.4 is 10.6 Å². The molecule has 1 heterocycles. The fourth-order valence-corrected chi connectivity index (χ4v) is 1.61. The fraction of sp³-hybridized carbons (Fsp3) is 0.615. The molecule has 1 unspecified atom stereocenters. The Morgan fingerprint density at radius 1 is 1.35 bits per heavy atom. The molecule has 2 amide bonds. The molecule has 1 atom stereocenters. The molecule has 1 aromatic rings. The molecule has 0 spiro atoms. The summed E-state index contributed by atoms with van der Waals surface area (Å²) >= 11 is 0. The van der Waals surface area contributed by atoms with E-state index >= 15 is 0 Å². The van der Waals surface area contributed by atoms with Crippen molar-refractivity contribution in [3.63, 3.8) is 0 Å². The van der Waals surface area contributed by atoms with Crippen LogP contribution in [0.25, 0.3) is 0 Å². The molecule has 0 bridgehead atoms. The van der Waals surface area contributed by atoms with E-state index in [-0.39, 0.29) is 6.54 Å². The minimum absolute atomic E-state index is 0.0757. The van der Waals surface area contributed by atoms with Crippen molar-refractivity contribution in [1.82, 2.24) is 15.8 Å². The third-order valence-corrected chi connectivity index (χ3v) is 3.54. The van der Waals surface area contributed by atoms with Gasteiger partial charge in [0.15, 0.2) is 0 Å². The van der Waals surface area contributed by atoms with Gasteiger partial charge in [0.25, 0.3) is 0 Å². The predicted octanol–water partition coefficient (Wildman–Crippen LogP) is 1.59. The lowest BCUT2D eigenvalue weighted by Crippen LogP contribution is -2.44. The number of nitrogens with zero attached hydrogens (tertiary/aromatic N) is 1. The lowest BCUT2D eigenvalue weighted by molar-refractivity contribution is -0.147. The number of rotatable bonds is 6. The first-order chi connectivity index (χ1) is 9.30. The second-order valence-electron chi connectivity index (χ2n) is 5.06. The van der Waals surface area contributed by atoms with Gasteiger partial charge >= 0.3 is 12.0 Å². The van der Waals surface area contributed by atoms with Crippen LogP contribution in [0, 0.1) is 19.3 Å². The van der Waals surface area contributed by atoms with Crippen LogP contribution in [0.2, 0.25) is 0 Å². The molecule has 0 radical (unpaired) electrons. The fourth-order valence-electron chi connectivity index (χ4n) is 1.61. The average molecular weight is 283 g/mol. The largest absolute Gasteiger partial charge is 0.481 e. The third-order valence-electron chi connectivity index (χ3n) is 3.54. The zero-order valence-corrected chi connectivity index (χ0v) is 12.2. The Hall–Kier alpha value is -2.05. The summed E-state index contributed by atoms with van der Waals surface area (Å²) in [4.78, 5) is 22.8. The molecule has 0 aromatic carbocycles. The van der Waals surface area contributed by atoms with E-state index in [0.717, 1.165) is 11.3 Å². The van der Waals surface area contributed by atoms with Gasteiger partial charge in [-0.25, -0.2) is 4.79 Å². The highest BCUT2D eigenvalue weighted by atomic mass is 16.5. The van der Waals surface area contributed by atoms with Crippen molar-refractivity contribution in [2.75, 3.05) is 6.54 Å². The van der Waals surface area contributed by atoms with Gasteiger partial charge in [0.1, 0.15) is 5.76 Å². The quantitative estimate of drug-likeness (QED) is 0.735. The molecule has 20 heavy (non-hydrogen) atoms. The standard InChI is InChI=1S/C13H21N3O4/c1-5-13(4,11(17)18)7-15-12(19)14-6-10-8(2)16-20-9(10)3/h5-7H2,1-4H3,(H,17,18)(H2,14,15,19). The van der Waals surface area contributed by atoms with Gasteiger partial charge in [-0.05, 0) is 27.2 Å². The summed E-state index contributed by atoms with van der Waals surface area (Å²) in [6.45, 7) is 7.31. The Morgan fingerprint density at radius 2 is 2.00 bits per heavy atom. The normalized spacial score (nSPS) is 13.6. The van der Waals surface area contributed by atoms with E-state index < -0.39 is 17.4 Å². The Balaban J connectivity index is 2.47. The van der Waals surface area contributed by atoms with E-state index in [2.05, 4.69) is 15.8 Å². The van der Waals surface area contributed by atoms with Crippen molar-refractivity contribution in [3.05, 3.63) is 17.0 Å².